The minimum Gasteiger partial charge on any atom is -0.281 e. The van der Waals surface area contributed by atoms with E-state index in [0.717, 1.165) is 6.54 Å². The summed E-state index contributed by atoms with van der Waals surface area (Å²) in [5, 5.41) is 1.42. The largest absolute Gasteiger partial charge is 0.281 e. The second-order valence-electron chi connectivity index (χ2n) is 5.19. The van der Waals surface area contributed by atoms with Crippen molar-refractivity contribution >= 4 is 16.8 Å². The molecule has 0 N–H and O–H groups in total. The molecule has 1 fully saturated rings. The minimum atomic E-state index is 0.273. The van der Waals surface area contributed by atoms with E-state index in [1.807, 2.05) is 11.8 Å². The molecule has 0 unspecified atom stereocenters. The molecule has 1 nitrogen and oxygen atoms in total. The van der Waals surface area contributed by atoms with E-state index in [4.69, 9.17) is 4.99 Å². The molecule has 17 heavy (non-hydrogen) atoms. The second kappa shape index (κ2) is 4.49. The van der Waals surface area contributed by atoms with Gasteiger partial charge in [-0.1, -0.05) is 42.7 Å². The molecule has 1 heterocycles. The van der Waals surface area contributed by atoms with Crippen molar-refractivity contribution in [3.63, 3.8) is 0 Å². The lowest BCUT2D eigenvalue weighted by atomic mass is 9.79. The Bertz CT molecular complexity index is 427. The quantitative estimate of drug-likeness (QED) is 0.768. The Kier molecular flexibility index (Phi) is 2.99. The highest BCUT2D eigenvalue weighted by Crippen LogP contribution is 2.46. The van der Waals surface area contributed by atoms with Crippen molar-refractivity contribution in [1.82, 2.24) is 0 Å². The molecule has 0 radical (unpaired) electrons. The van der Waals surface area contributed by atoms with E-state index in [9.17, 15) is 0 Å². The minimum absolute atomic E-state index is 0.273. The monoisotopic (exact) mass is 245 g/mol. The topological polar surface area (TPSA) is 12.4 Å². The lowest BCUT2D eigenvalue weighted by molar-refractivity contribution is 0.607. The van der Waals surface area contributed by atoms with Gasteiger partial charge in [0.05, 0.1) is 5.04 Å². The summed E-state index contributed by atoms with van der Waals surface area (Å²) in [4.78, 5) is 4.77. The first-order chi connectivity index (χ1) is 8.31. The molecule has 2 aliphatic rings. The molecule has 1 aliphatic heterocycles. The van der Waals surface area contributed by atoms with Crippen LogP contribution in [-0.2, 0) is 5.41 Å². The van der Waals surface area contributed by atoms with Crippen LogP contribution in [0.15, 0.2) is 29.3 Å². The van der Waals surface area contributed by atoms with Crippen LogP contribution in [0.25, 0.3) is 0 Å². The van der Waals surface area contributed by atoms with Gasteiger partial charge < -0.3 is 0 Å². The third-order valence-corrected chi connectivity index (χ3v) is 5.24. The Labute approximate surface area is 108 Å². The third-order valence-electron chi connectivity index (χ3n) is 4.06. The molecule has 0 amide bonds. The van der Waals surface area contributed by atoms with Crippen molar-refractivity contribution in [3.8, 4) is 0 Å². The summed E-state index contributed by atoms with van der Waals surface area (Å²) in [6.07, 6.45) is 5.30. The molecule has 0 saturated heterocycles. The van der Waals surface area contributed by atoms with Crippen LogP contribution < -0.4 is 0 Å². The van der Waals surface area contributed by atoms with Crippen molar-refractivity contribution < 1.29 is 0 Å². The van der Waals surface area contributed by atoms with E-state index in [-0.39, 0.29) is 5.41 Å². The average molecular weight is 245 g/mol. The summed E-state index contributed by atoms with van der Waals surface area (Å²) in [5.74, 6) is 1.18. The number of hydrogen-bond acceptors (Lipinski definition) is 2. The first-order valence-corrected chi connectivity index (χ1v) is 7.55. The Morgan fingerprint density at radius 1 is 1.12 bits per heavy atom. The maximum absolute atomic E-state index is 4.77. The van der Waals surface area contributed by atoms with Gasteiger partial charge in [0.1, 0.15) is 0 Å². The lowest BCUT2D eigenvalue weighted by Crippen LogP contribution is -2.30. The molecule has 0 atom stereocenters. The summed E-state index contributed by atoms with van der Waals surface area (Å²) in [6, 6.07) is 9.13. The van der Waals surface area contributed by atoms with E-state index < -0.39 is 0 Å². The molecule has 0 spiro atoms. The molecule has 90 valence electrons. The van der Waals surface area contributed by atoms with Crippen molar-refractivity contribution in [2.45, 2.75) is 38.0 Å². The number of thioether (sulfide) groups is 1. The van der Waals surface area contributed by atoms with Gasteiger partial charge in [-0.05, 0) is 25.3 Å². The van der Waals surface area contributed by atoms with E-state index in [0.29, 0.717) is 0 Å². The van der Waals surface area contributed by atoms with Gasteiger partial charge in [0.25, 0.3) is 0 Å². The van der Waals surface area contributed by atoms with Crippen molar-refractivity contribution in [3.05, 3.63) is 35.4 Å². The maximum atomic E-state index is 4.77. The van der Waals surface area contributed by atoms with Crippen molar-refractivity contribution in [2.24, 2.45) is 4.99 Å². The van der Waals surface area contributed by atoms with Gasteiger partial charge in [-0.25, -0.2) is 0 Å². The van der Waals surface area contributed by atoms with Gasteiger partial charge in [0.2, 0.25) is 0 Å². The van der Waals surface area contributed by atoms with Gasteiger partial charge in [0.15, 0.2) is 0 Å². The molecule has 2 heteroatoms. The van der Waals surface area contributed by atoms with Crippen molar-refractivity contribution in [1.29, 1.82) is 0 Å². The zero-order valence-corrected chi connectivity index (χ0v) is 11.2. The van der Waals surface area contributed by atoms with E-state index in [2.05, 4.69) is 31.2 Å². The zero-order chi connectivity index (χ0) is 11.7. The molecule has 1 aromatic rings. The van der Waals surface area contributed by atoms with Crippen LogP contribution in [0.2, 0.25) is 0 Å². The summed E-state index contributed by atoms with van der Waals surface area (Å²) in [6.45, 7) is 3.18. The Hall–Kier alpha value is -0.760. The predicted molar refractivity (Wildman–Crippen MR) is 76.1 cm³/mol. The number of benzene rings is 1. The molecular formula is C15H19NS. The molecule has 1 aromatic carbocycles. The SMILES string of the molecule is Cc1ccc(C2(C3=NCCS3)CCCC2)cc1. The highest BCUT2D eigenvalue weighted by Gasteiger charge is 2.41. The number of aryl methyl sites for hydroxylation is 1. The summed E-state index contributed by atoms with van der Waals surface area (Å²) in [7, 11) is 0. The Balaban J connectivity index is 2.02. The normalized spacial score (nSPS) is 22.8. The van der Waals surface area contributed by atoms with E-state index in [1.165, 1.54) is 47.6 Å². The van der Waals surface area contributed by atoms with E-state index >= 15 is 0 Å². The van der Waals surface area contributed by atoms with E-state index in [1.54, 1.807) is 0 Å². The molecule has 3 rings (SSSR count). The van der Waals surface area contributed by atoms with Gasteiger partial charge in [-0.2, -0.15) is 0 Å². The smallest absolute Gasteiger partial charge is 0.0782 e. The van der Waals surface area contributed by atoms with Gasteiger partial charge >= 0.3 is 0 Å². The highest BCUT2D eigenvalue weighted by atomic mass is 32.2. The van der Waals surface area contributed by atoms with Gasteiger partial charge in [0, 0.05) is 17.7 Å². The number of nitrogens with zero attached hydrogens (tertiary/aromatic N) is 1. The molecule has 0 aromatic heterocycles. The second-order valence-corrected chi connectivity index (χ2v) is 6.27. The number of rotatable bonds is 2. The summed E-state index contributed by atoms with van der Waals surface area (Å²) in [5.41, 5.74) is 3.12. The molecular weight excluding hydrogens is 226 g/mol. The zero-order valence-electron chi connectivity index (χ0n) is 10.4. The first-order valence-electron chi connectivity index (χ1n) is 6.56. The number of aliphatic imine (C=N–C) groups is 1. The van der Waals surface area contributed by atoms with Crippen LogP contribution in [-0.4, -0.2) is 17.3 Å². The van der Waals surface area contributed by atoms with Crippen LogP contribution in [0.4, 0.5) is 0 Å². The summed E-state index contributed by atoms with van der Waals surface area (Å²) >= 11 is 1.99. The first kappa shape index (κ1) is 11.3. The molecule has 1 saturated carbocycles. The Morgan fingerprint density at radius 3 is 2.41 bits per heavy atom. The third kappa shape index (κ3) is 1.93. The van der Waals surface area contributed by atoms with Crippen LogP contribution in [0.5, 0.6) is 0 Å². The van der Waals surface area contributed by atoms with Crippen molar-refractivity contribution in [2.75, 3.05) is 12.3 Å². The average Bonchev–Trinajstić information content (AvgIpc) is 3.01. The van der Waals surface area contributed by atoms with Crippen LogP contribution in [0.1, 0.15) is 36.8 Å². The van der Waals surface area contributed by atoms with Gasteiger partial charge in [-0.15, -0.1) is 11.8 Å². The van der Waals surface area contributed by atoms with Crippen LogP contribution in [0, 0.1) is 6.92 Å². The maximum Gasteiger partial charge on any atom is 0.0782 e. The lowest BCUT2D eigenvalue weighted by Gasteiger charge is -2.29. The Morgan fingerprint density at radius 2 is 1.82 bits per heavy atom. The predicted octanol–water partition coefficient (Wildman–Crippen LogP) is 3.95. The van der Waals surface area contributed by atoms with Gasteiger partial charge in [-0.3, -0.25) is 4.99 Å². The van der Waals surface area contributed by atoms with Crippen LogP contribution >= 0.6 is 11.8 Å². The fraction of sp³-hybridized carbons (Fsp3) is 0.533. The molecule has 0 bridgehead atoms. The summed E-state index contributed by atoms with van der Waals surface area (Å²) < 4.78 is 0. The standard InChI is InChI=1S/C15H19NS/c1-12-4-6-13(7-5-12)15(8-2-3-9-15)14-16-10-11-17-14/h4-7H,2-3,8-11H2,1H3. The molecule has 1 aliphatic carbocycles. The fourth-order valence-electron chi connectivity index (χ4n) is 3.10. The number of hydrogen-bond donors (Lipinski definition) is 0. The highest BCUT2D eigenvalue weighted by molar-refractivity contribution is 8.14. The fourth-order valence-corrected chi connectivity index (χ4v) is 4.26. The van der Waals surface area contributed by atoms with Crippen LogP contribution in [0.3, 0.4) is 0 Å².